The molecule has 1 aliphatic carbocycles. The Balaban J connectivity index is 1.85. The first-order valence-electron chi connectivity index (χ1n) is 8.16. The van der Waals surface area contributed by atoms with Crippen molar-refractivity contribution in [1.29, 1.82) is 5.41 Å². The van der Waals surface area contributed by atoms with Crippen LogP contribution in [-0.2, 0) is 11.8 Å². The number of methoxy groups -OCH3 is 1. The summed E-state index contributed by atoms with van der Waals surface area (Å²) in [5, 5.41) is 10.9. The third-order valence-corrected chi connectivity index (χ3v) is 5.33. The number of carbonyl (C=O) groups excluding carboxylic acids is 2. The average Bonchev–Trinajstić information content (AvgIpc) is 3.17. The molecule has 8 heteroatoms. The van der Waals surface area contributed by atoms with Crippen molar-refractivity contribution in [3.05, 3.63) is 39.7 Å². The van der Waals surface area contributed by atoms with Gasteiger partial charge in [-0.3, -0.25) is 9.59 Å². The Hall–Kier alpha value is -2.74. The van der Waals surface area contributed by atoms with Crippen LogP contribution in [0.15, 0.2) is 23.5 Å². The fourth-order valence-corrected chi connectivity index (χ4v) is 4.09. The number of carbonyl (C=O) groups is 2. The molecule has 136 valence electrons. The largest absolute Gasteiger partial charge is 0.501 e. The molecular weight excluding hydrogens is 352 g/mol. The summed E-state index contributed by atoms with van der Waals surface area (Å²) in [4.78, 5) is 27.9. The van der Waals surface area contributed by atoms with E-state index in [2.05, 4.69) is 23.3 Å². The van der Waals surface area contributed by atoms with Gasteiger partial charge in [0.1, 0.15) is 5.69 Å². The number of amides is 1. The SMILES string of the molecule is COC1=CC(CNC(=O)c2c(C=N)c3sc(C=O)nc3n2C)=CC(C)C1. The molecule has 0 radical (unpaired) electrons. The van der Waals surface area contributed by atoms with Crippen LogP contribution >= 0.6 is 11.3 Å². The van der Waals surface area contributed by atoms with Crippen molar-refractivity contribution in [3.63, 3.8) is 0 Å². The van der Waals surface area contributed by atoms with E-state index in [1.807, 2.05) is 6.08 Å². The second-order valence-electron chi connectivity index (χ2n) is 6.21. The quantitative estimate of drug-likeness (QED) is 0.602. The molecule has 1 unspecified atom stereocenters. The lowest BCUT2D eigenvalue weighted by atomic mass is 9.96. The van der Waals surface area contributed by atoms with Crippen LogP contribution in [0.4, 0.5) is 0 Å². The predicted molar refractivity (Wildman–Crippen MR) is 101 cm³/mol. The Bertz CT molecular complexity index is 951. The second kappa shape index (κ2) is 7.25. The minimum absolute atomic E-state index is 0.282. The maximum absolute atomic E-state index is 12.7. The third-order valence-electron chi connectivity index (χ3n) is 4.32. The average molecular weight is 372 g/mol. The highest BCUT2D eigenvalue weighted by Gasteiger charge is 2.23. The summed E-state index contributed by atoms with van der Waals surface area (Å²) in [5.74, 6) is 0.968. The molecule has 0 spiro atoms. The number of allylic oxidation sites excluding steroid dienone is 2. The van der Waals surface area contributed by atoms with E-state index in [4.69, 9.17) is 10.1 Å². The molecule has 26 heavy (non-hydrogen) atoms. The van der Waals surface area contributed by atoms with Gasteiger partial charge in [0.15, 0.2) is 16.9 Å². The van der Waals surface area contributed by atoms with E-state index in [-0.39, 0.29) is 5.91 Å². The summed E-state index contributed by atoms with van der Waals surface area (Å²) in [6.45, 7) is 2.47. The number of hydrogen-bond donors (Lipinski definition) is 2. The molecule has 3 rings (SSSR count). The lowest BCUT2D eigenvalue weighted by Crippen LogP contribution is -2.28. The molecule has 1 amide bonds. The molecule has 0 aromatic carbocycles. The zero-order valence-corrected chi connectivity index (χ0v) is 15.6. The molecule has 0 bridgehead atoms. The normalized spacial score (nSPS) is 16.8. The molecule has 2 N–H and O–H groups in total. The second-order valence-corrected chi connectivity index (χ2v) is 7.24. The van der Waals surface area contributed by atoms with Crippen molar-refractivity contribution in [2.75, 3.05) is 13.7 Å². The number of thiazole rings is 1. The summed E-state index contributed by atoms with van der Waals surface area (Å²) in [5.41, 5.74) is 2.37. The van der Waals surface area contributed by atoms with E-state index in [0.29, 0.717) is 45.4 Å². The molecule has 2 aromatic heterocycles. The maximum Gasteiger partial charge on any atom is 0.268 e. The van der Waals surface area contributed by atoms with E-state index in [0.717, 1.165) is 24.0 Å². The maximum atomic E-state index is 12.7. The van der Waals surface area contributed by atoms with Gasteiger partial charge in [-0.1, -0.05) is 13.0 Å². The highest BCUT2D eigenvalue weighted by molar-refractivity contribution is 7.20. The standard InChI is InChI=1S/C18H20N4O3S/c1-10-4-11(6-12(5-10)25-3)8-20-18(24)15-13(7-19)16-17(22(15)2)21-14(9-23)26-16/h4,6-7,9-10,19H,5,8H2,1-3H3,(H,20,24). The number of ether oxygens (including phenoxy) is 1. The summed E-state index contributed by atoms with van der Waals surface area (Å²) in [6.07, 6.45) is 6.72. The van der Waals surface area contributed by atoms with Gasteiger partial charge < -0.3 is 20.0 Å². The lowest BCUT2D eigenvalue weighted by molar-refractivity contribution is 0.0949. The molecule has 1 atom stereocenters. The number of aromatic nitrogens is 2. The van der Waals surface area contributed by atoms with Crippen LogP contribution in [-0.4, -0.2) is 41.6 Å². The van der Waals surface area contributed by atoms with Gasteiger partial charge in [0, 0.05) is 31.8 Å². The monoisotopic (exact) mass is 372 g/mol. The number of nitrogens with one attached hydrogen (secondary N) is 2. The zero-order valence-electron chi connectivity index (χ0n) is 14.8. The molecular formula is C18H20N4O3S. The Morgan fingerprint density at radius 3 is 3.00 bits per heavy atom. The van der Waals surface area contributed by atoms with Gasteiger partial charge in [0.2, 0.25) is 0 Å². The molecule has 0 saturated carbocycles. The third kappa shape index (κ3) is 3.20. The van der Waals surface area contributed by atoms with Crippen molar-refractivity contribution in [2.45, 2.75) is 13.3 Å². The van der Waals surface area contributed by atoms with Crippen molar-refractivity contribution in [3.8, 4) is 0 Å². The van der Waals surface area contributed by atoms with Crippen LogP contribution in [0.1, 0.15) is 39.2 Å². The number of hydrogen-bond acceptors (Lipinski definition) is 6. The van der Waals surface area contributed by atoms with E-state index in [9.17, 15) is 9.59 Å². The Labute approximate surface area is 154 Å². The van der Waals surface area contributed by atoms with E-state index in [1.54, 1.807) is 18.7 Å². The van der Waals surface area contributed by atoms with Crippen LogP contribution in [0.2, 0.25) is 0 Å². The fraction of sp³-hybridized carbons (Fsp3) is 0.333. The molecule has 0 fully saturated rings. The van der Waals surface area contributed by atoms with Crippen LogP contribution in [0, 0.1) is 11.3 Å². The first-order valence-corrected chi connectivity index (χ1v) is 8.98. The van der Waals surface area contributed by atoms with Crippen molar-refractivity contribution in [2.24, 2.45) is 13.0 Å². The first-order chi connectivity index (χ1) is 12.5. The van der Waals surface area contributed by atoms with Gasteiger partial charge in [-0.05, 0) is 17.6 Å². The number of fused-ring (bicyclic) bond motifs is 1. The molecule has 1 aliphatic rings. The number of aryl methyl sites for hydroxylation is 1. The summed E-state index contributed by atoms with van der Waals surface area (Å²) >= 11 is 1.18. The zero-order chi connectivity index (χ0) is 18.8. The van der Waals surface area contributed by atoms with Gasteiger partial charge in [0.25, 0.3) is 5.91 Å². The predicted octanol–water partition coefficient (Wildman–Crippen LogP) is 2.67. The van der Waals surface area contributed by atoms with Crippen LogP contribution in [0.25, 0.3) is 10.3 Å². The van der Waals surface area contributed by atoms with Crippen molar-refractivity contribution >= 4 is 40.1 Å². The minimum Gasteiger partial charge on any atom is -0.501 e. The molecule has 7 nitrogen and oxygen atoms in total. The van der Waals surface area contributed by atoms with Crippen molar-refractivity contribution < 1.29 is 14.3 Å². The summed E-state index contributed by atoms with van der Waals surface area (Å²) in [6, 6.07) is 0. The van der Waals surface area contributed by atoms with Crippen LogP contribution < -0.4 is 5.32 Å². The first kappa shape index (κ1) is 18.1. The number of rotatable bonds is 6. The van der Waals surface area contributed by atoms with Gasteiger partial charge in [-0.15, -0.1) is 11.3 Å². The Morgan fingerprint density at radius 2 is 2.35 bits per heavy atom. The molecule has 2 aromatic rings. The lowest BCUT2D eigenvalue weighted by Gasteiger charge is -2.18. The fourth-order valence-electron chi connectivity index (χ4n) is 3.16. The molecule has 2 heterocycles. The Morgan fingerprint density at radius 1 is 1.58 bits per heavy atom. The minimum atomic E-state index is -0.282. The van der Waals surface area contributed by atoms with E-state index in [1.165, 1.54) is 11.3 Å². The van der Waals surface area contributed by atoms with Crippen LogP contribution in [0.3, 0.4) is 0 Å². The van der Waals surface area contributed by atoms with Crippen LogP contribution in [0.5, 0.6) is 0 Å². The van der Waals surface area contributed by atoms with E-state index < -0.39 is 0 Å². The smallest absolute Gasteiger partial charge is 0.268 e. The van der Waals surface area contributed by atoms with Gasteiger partial charge in [-0.25, -0.2) is 4.98 Å². The molecule has 0 saturated heterocycles. The van der Waals surface area contributed by atoms with Crippen molar-refractivity contribution in [1.82, 2.24) is 14.9 Å². The van der Waals surface area contributed by atoms with Gasteiger partial charge in [0.05, 0.1) is 17.6 Å². The highest BCUT2D eigenvalue weighted by atomic mass is 32.1. The van der Waals surface area contributed by atoms with Gasteiger partial charge in [-0.2, -0.15) is 0 Å². The highest BCUT2D eigenvalue weighted by Crippen LogP contribution is 2.29. The number of nitrogens with zero attached hydrogens (tertiary/aromatic N) is 2. The Kier molecular flexibility index (Phi) is 5.03. The topological polar surface area (TPSA) is 97.1 Å². The van der Waals surface area contributed by atoms with Gasteiger partial charge >= 0.3 is 0 Å². The van der Waals surface area contributed by atoms with E-state index >= 15 is 0 Å². The summed E-state index contributed by atoms with van der Waals surface area (Å²) < 4.78 is 7.62. The number of aldehydes is 1. The summed E-state index contributed by atoms with van der Waals surface area (Å²) in [7, 11) is 3.36. The molecule has 0 aliphatic heterocycles.